The molecule has 0 rings (SSSR count). The summed E-state index contributed by atoms with van der Waals surface area (Å²) >= 11 is 0. The van der Waals surface area contributed by atoms with Gasteiger partial charge in [0.1, 0.15) is 0 Å². The monoisotopic (exact) mass is 326 g/mol. The number of amides is 2. The zero-order valence-electron chi connectivity index (χ0n) is 15.2. The summed E-state index contributed by atoms with van der Waals surface area (Å²) in [7, 11) is 0. The number of carbonyl (C=O) groups is 2. The number of carbonyl (C=O) groups excluding carboxylic acids is 2. The Morgan fingerprint density at radius 3 is 1.57 bits per heavy atom. The highest BCUT2D eigenvalue weighted by atomic mass is 16.1. The van der Waals surface area contributed by atoms with Crippen LogP contribution in [0.25, 0.3) is 0 Å². The van der Waals surface area contributed by atoms with E-state index in [1.54, 1.807) is 0 Å². The fourth-order valence-electron chi connectivity index (χ4n) is 3.00. The summed E-state index contributed by atoms with van der Waals surface area (Å²) in [5, 5.41) is 0. The Hall–Kier alpha value is -1.06. The quantitative estimate of drug-likeness (QED) is 0.387. The van der Waals surface area contributed by atoms with Crippen LogP contribution in [0.1, 0.15) is 103 Å². The van der Waals surface area contributed by atoms with Crippen molar-refractivity contribution in [2.75, 3.05) is 0 Å². The van der Waals surface area contributed by atoms with Crippen LogP contribution >= 0.6 is 0 Å². The molecule has 0 aliphatic carbocycles. The van der Waals surface area contributed by atoms with Gasteiger partial charge in [-0.3, -0.25) is 9.59 Å². The first-order valence-electron chi connectivity index (χ1n) is 9.65. The SMILES string of the molecule is CCCCCCCCC(CCCCCCCCC(N)=O)C(N)=O. The van der Waals surface area contributed by atoms with Crippen LogP contribution in [0.3, 0.4) is 0 Å². The average molecular weight is 327 g/mol. The van der Waals surface area contributed by atoms with Crippen molar-refractivity contribution in [3.63, 3.8) is 0 Å². The molecule has 0 aromatic carbocycles. The van der Waals surface area contributed by atoms with Gasteiger partial charge in [-0.25, -0.2) is 0 Å². The van der Waals surface area contributed by atoms with Gasteiger partial charge in [-0.2, -0.15) is 0 Å². The lowest BCUT2D eigenvalue weighted by molar-refractivity contribution is -0.122. The number of hydrogen-bond acceptors (Lipinski definition) is 2. The van der Waals surface area contributed by atoms with Crippen LogP contribution in [0.5, 0.6) is 0 Å². The molecule has 136 valence electrons. The Morgan fingerprint density at radius 2 is 1.13 bits per heavy atom. The van der Waals surface area contributed by atoms with Gasteiger partial charge in [-0.05, 0) is 19.3 Å². The first-order chi connectivity index (χ1) is 11.1. The lowest BCUT2D eigenvalue weighted by atomic mass is 9.93. The molecule has 2 amide bonds. The van der Waals surface area contributed by atoms with E-state index in [1.165, 1.54) is 38.5 Å². The van der Waals surface area contributed by atoms with E-state index < -0.39 is 0 Å². The van der Waals surface area contributed by atoms with Crippen molar-refractivity contribution in [2.24, 2.45) is 17.4 Å². The normalized spacial score (nSPS) is 12.2. The van der Waals surface area contributed by atoms with Gasteiger partial charge in [-0.15, -0.1) is 0 Å². The Balaban J connectivity index is 3.53. The van der Waals surface area contributed by atoms with Crippen molar-refractivity contribution in [2.45, 2.75) is 103 Å². The molecular formula is C19H38N2O2. The Labute approximate surface area is 142 Å². The molecule has 0 bridgehead atoms. The minimum atomic E-state index is -0.205. The average Bonchev–Trinajstić information content (AvgIpc) is 2.50. The van der Waals surface area contributed by atoms with Crippen LogP contribution < -0.4 is 11.5 Å². The van der Waals surface area contributed by atoms with Gasteiger partial charge in [0, 0.05) is 12.3 Å². The van der Waals surface area contributed by atoms with Crippen LogP contribution in [0, 0.1) is 5.92 Å². The van der Waals surface area contributed by atoms with Crippen molar-refractivity contribution >= 4 is 11.8 Å². The number of nitrogens with two attached hydrogens (primary N) is 2. The lowest BCUT2D eigenvalue weighted by Gasteiger charge is -2.13. The smallest absolute Gasteiger partial charge is 0.220 e. The van der Waals surface area contributed by atoms with Crippen molar-refractivity contribution in [3.05, 3.63) is 0 Å². The van der Waals surface area contributed by atoms with Crippen molar-refractivity contribution in [1.29, 1.82) is 0 Å². The minimum absolute atomic E-state index is 0.0658. The van der Waals surface area contributed by atoms with E-state index in [0.29, 0.717) is 6.42 Å². The number of primary amides is 2. The van der Waals surface area contributed by atoms with Crippen molar-refractivity contribution in [3.8, 4) is 0 Å². The Morgan fingerprint density at radius 1 is 0.696 bits per heavy atom. The van der Waals surface area contributed by atoms with Gasteiger partial charge in [0.15, 0.2) is 0 Å². The van der Waals surface area contributed by atoms with Crippen LogP contribution in [0.2, 0.25) is 0 Å². The van der Waals surface area contributed by atoms with Gasteiger partial charge in [0.25, 0.3) is 0 Å². The summed E-state index contributed by atoms with van der Waals surface area (Å²) in [5.41, 5.74) is 10.6. The van der Waals surface area contributed by atoms with Crippen LogP contribution in [-0.4, -0.2) is 11.8 Å². The molecule has 0 aromatic heterocycles. The lowest BCUT2D eigenvalue weighted by Crippen LogP contribution is -2.23. The maximum absolute atomic E-state index is 11.5. The fourth-order valence-corrected chi connectivity index (χ4v) is 3.00. The van der Waals surface area contributed by atoms with Crippen molar-refractivity contribution in [1.82, 2.24) is 0 Å². The first kappa shape index (κ1) is 21.9. The van der Waals surface area contributed by atoms with E-state index in [0.717, 1.165) is 51.4 Å². The van der Waals surface area contributed by atoms with E-state index >= 15 is 0 Å². The number of unbranched alkanes of at least 4 members (excludes halogenated alkanes) is 10. The third-order valence-corrected chi connectivity index (χ3v) is 4.53. The molecule has 0 aliphatic heterocycles. The summed E-state index contributed by atoms with van der Waals surface area (Å²) in [6.07, 6.45) is 16.4. The summed E-state index contributed by atoms with van der Waals surface area (Å²) in [5.74, 6) is -0.264. The first-order valence-corrected chi connectivity index (χ1v) is 9.65. The zero-order chi connectivity index (χ0) is 17.3. The maximum atomic E-state index is 11.5. The molecule has 23 heavy (non-hydrogen) atoms. The highest BCUT2D eigenvalue weighted by Gasteiger charge is 2.14. The van der Waals surface area contributed by atoms with Crippen LogP contribution in [-0.2, 0) is 9.59 Å². The van der Waals surface area contributed by atoms with Gasteiger partial charge in [0.2, 0.25) is 11.8 Å². The predicted octanol–water partition coefficient (Wildman–Crippen LogP) is 4.44. The maximum Gasteiger partial charge on any atom is 0.220 e. The molecule has 0 saturated heterocycles. The standard InChI is InChI=1S/C19H38N2O2/c1-2-3-4-5-8-11-14-17(19(21)23)15-12-9-6-7-10-13-16-18(20)22/h17H,2-16H2,1H3,(H2,20,22)(H2,21,23). The molecule has 0 aromatic rings. The second-order valence-electron chi connectivity index (χ2n) is 6.78. The van der Waals surface area contributed by atoms with E-state index in [1.807, 2.05) is 0 Å². The van der Waals surface area contributed by atoms with E-state index in [2.05, 4.69) is 6.92 Å². The highest BCUT2D eigenvalue weighted by molar-refractivity contribution is 5.76. The van der Waals surface area contributed by atoms with Crippen LogP contribution in [0.15, 0.2) is 0 Å². The third kappa shape index (κ3) is 15.6. The topological polar surface area (TPSA) is 86.2 Å². The van der Waals surface area contributed by atoms with Crippen LogP contribution in [0.4, 0.5) is 0 Å². The predicted molar refractivity (Wildman–Crippen MR) is 96.8 cm³/mol. The molecule has 0 aliphatic rings. The zero-order valence-corrected chi connectivity index (χ0v) is 15.2. The van der Waals surface area contributed by atoms with Gasteiger partial charge < -0.3 is 11.5 Å². The Bertz CT molecular complexity index is 306. The fraction of sp³-hybridized carbons (Fsp3) is 0.895. The second-order valence-corrected chi connectivity index (χ2v) is 6.78. The molecule has 0 saturated carbocycles. The highest BCUT2D eigenvalue weighted by Crippen LogP contribution is 2.19. The van der Waals surface area contributed by atoms with Crippen molar-refractivity contribution < 1.29 is 9.59 Å². The molecule has 4 N–H and O–H groups in total. The minimum Gasteiger partial charge on any atom is -0.370 e. The molecule has 4 heteroatoms. The summed E-state index contributed by atoms with van der Waals surface area (Å²) in [6, 6.07) is 0. The molecule has 1 unspecified atom stereocenters. The van der Waals surface area contributed by atoms with E-state index in [-0.39, 0.29) is 17.7 Å². The summed E-state index contributed by atoms with van der Waals surface area (Å²) in [6.45, 7) is 2.22. The molecule has 4 nitrogen and oxygen atoms in total. The second kappa shape index (κ2) is 15.8. The number of hydrogen-bond donors (Lipinski definition) is 2. The molecule has 0 fully saturated rings. The van der Waals surface area contributed by atoms with E-state index in [9.17, 15) is 9.59 Å². The van der Waals surface area contributed by atoms with Gasteiger partial charge >= 0.3 is 0 Å². The van der Waals surface area contributed by atoms with Gasteiger partial charge in [0.05, 0.1) is 0 Å². The largest absolute Gasteiger partial charge is 0.370 e. The molecule has 1 atom stereocenters. The summed E-state index contributed by atoms with van der Waals surface area (Å²) < 4.78 is 0. The number of rotatable bonds is 17. The van der Waals surface area contributed by atoms with E-state index in [4.69, 9.17) is 11.5 Å². The Kier molecular flexibility index (Phi) is 15.1. The molecule has 0 spiro atoms. The molecule has 0 heterocycles. The summed E-state index contributed by atoms with van der Waals surface area (Å²) in [4.78, 5) is 22.1. The molecular weight excluding hydrogens is 288 g/mol. The third-order valence-electron chi connectivity index (χ3n) is 4.53. The van der Waals surface area contributed by atoms with Gasteiger partial charge in [-0.1, -0.05) is 77.6 Å². The molecule has 0 radical (unpaired) electrons.